The normalized spacial score (nSPS) is 24.5. The van der Waals surface area contributed by atoms with E-state index in [0.29, 0.717) is 0 Å². The van der Waals surface area contributed by atoms with Gasteiger partial charge < -0.3 is 14.6 Å². The van der Waals surface area contributed by atoms with Crippen LogP contribution >= 0.6 is 0 Å². The van der Waals surface area contributed by atoms with Crippen LogP contribution in [0.25, 0.3) is 10.9 Å². The maximum absolute atomic E-state index is 13.9. The zero-order valence-electron chi connectivity index (χ0n) is 14.1. The second kappa shape index (κ2) is 5.55. The van der Waals surface area contributed by atoms with Gasteiger partial charge in [-0.15, -0.1) is 0 Å². The minimum Gasteiger partial charge on any atom is -0.394 e. The summed E-state index contributed by atoms with van der Waals surface area (Å²) in [5.74, 6) is -3.90. The third-order valence-electron chi connectivity index (χ3n) is 5.05. The van der Waals surface area contributed by atoms with Crippen LogP contribution < -0.4 is 0 Å². The number of fused-ring (bicyclic) bond motifs is 1. The highest BCUT2D eigenvalue weighted by atomic mass is 19.3. The number of amides is 1. The molecule has 1 aromatic carbocycles. The third kappa shape index (κ3) is 2.59. The predicted octanol–water partition coefficient (Wildman–Crippen LogP) is 2.90. The van der Waals surface area contributed by atoms with Crippen LogP contribution in [0.3, 0.4) is 0 Å². The lowest BCUT2D eigenvalue weighted by molar-refractivity contribution is -0.138. The van der Waals surface area contributed by atoms with E-state index in [1.54, 1.807) is 6.92 Å². The first kappa shape index (κ1) is 16.9. The minimum atomic E-state index is -2.97. The number of aliphatic hydroxyl groups is 1. The molecular weight excluding hydrogens is 314 g/mol. The first-order chi connectivity index (χ1) is 11.2. The molecule has 2 unspecified atom stereocenters. The molecule has 2 atom stereocenters. The fourth-order valence-electron chi connectivity index (χ4n) is 3.70. The lowest BCUT2D eigenvalue weighted by Gasteiger charge is -2.34. The Bertz CT molecular complexity index is 786. The van der Waals surface area contributed by atoms with Crippen molar-refractivity contribution in [3.63, 3.8) is 0 Å². The summed E-state index contributed by atoms with van der Waals surface area (Å²) >= 11 is 0. The zero-order valence-corrected chi connectivity index (χ0v) is 14.1. The summed E-state index contributed by atoms with van der Waals surface area (Å²) in [6, 6.07) is 7.70. The number of hydrogen-bond acceptors (Lipinski definition) is 2. The van der Waals surface area contributed by atoms with Crippen molar-refractivity contribution >= 4 is 16.8 Å². The van der Waals surface area contributed by atoms with Crippen LogP contribution in [0.4, 0.5) is 8.78 Å². The van der Waals surface area contributed by atoms with Crippen molar-refractivity contribution in [1.29, 1.82) is 0 Å². The Hall–Kier alpha value is -1.95. The Balaban J connectivity index is 1.97. The molecule has 130 valence electrons. The van der Waals surface area contributed by atoms with Crippen molar-refractivity contribution in [3.05, 3.63) is 36.0 Å². The average Bonchev–Trinajstić information content (AvgIpc) is 3.00. The number of likely N-dealkylation sites (tertiary alicyclic amines) is 1. The van der Waals surface area contributed by atoms with Crippen LogP contribution in [0.15, 0.2) is 30.5 Å². The first-order valence-corrected chi connectivity index (χ1v) is 8.03. The highest BCUT2D eigenvalue weighted by Crippen LogP contribution is 2.41. The van der Waals surface area contributed by atoms with E-state index in [4.69, 9.17) is 0 Å². The number of carbonyl (C=O) groups excluding carboxylic acids is 1. The number of rotatable bonds is 3. The monoisotopic (exact) mass is 336 g/mol. The summed E-state index contributed by atoms with van der Waals surface area (Å²) in [5.41, 5.74) is 0.580. The van der Waals surface area contributed by atoms with Crippen LogP contribution in [0.2, 0.25) is 0 Å². The molecule has 1 amide bonds. The van der Waals surface area contributed by atoms with E-state index in [1.165, 1.54) is 6.92 Å². The molecule has 1 aromatic heterocycles. The highest BCUT2D eigenvalue weighted by Gasteiger charge is 2.54. The molecular formula is C18H22F2N2O2. The number of hydrogen-bond donors (Lipinski definition) is 1. The molecule has 0 saturated carbocycles. The number of aliphatic hydroxyl groups excluding tert-OH is 1. The summed E-state index contributed by atoms with van der Waals surface area (Å²) in [5, 5.41) is 10.5. The zero-order chi connectivity index (χ0) is 17.7. The fourth-order valence-corrected chi connectivity index (χ4v) is 3.70. The molecule has 0 aliphatic carbocycles. The summed E-state index contributed by atoms with van der Waals surface area (Å²) < 4.78 is 29.6. The van der Waals surface area contributed by atoms with Crippen molar-refractivity contribution in [1.82, 2.24) is 9.47 Å². The molecule has 1 saturated heterocycles. The van der Waals surface area contributed by atoms with Crippen LogP contribution in [0, 0.1) is 0 Å². The van der Waals surface area contributed by atoms with Gasteiger partial charge in [-0.05, 0) is 25.5 Å². The van der Waals surface area contributed by atoms with Gasteiger partial charge in [-0.1, -0.05) is 18.2 Å². The lowest BCUT2D eigenvalue weighted by Crippen LogP contribution is -2.49. The summed E-state index contributed by atoms with van der Waals surface area (Å²) in [7, 11) is 1.89. The number of benzene rings is 1. The molecule has 1 aliphatic heterocycles. The van der Waals surface area contributed by atoms with Crippen molar-refractivity contribution in [2.75, 3.05) is 13.2 Å². The SMILES string of the molecule is CC(C(=O)N1CC(F)(F)CC1(C)CO)c1cn(C)c2ccccc12. The summed E-state index contributed by atoms with van der Waals surface area (Å²) in [6.45, 7) is 2.13. The molecule has 0 bridgehead atoms. The Morgan fingerprint density at radius 2 is 2.04 bits per heavy atom. The van der Waals surface area contributed by atoms with E-state index in [2.05, 4.69) is 0 Å². The smallest absolute Gasteiger partial charge is 0.267 e. The molecule has 1 aliphatic rings. The topological polar surface area (TPSA) is 45.5 Å². The Morgan fingerprint density at radius 1 is 1.38 bits per heavy atom. The Morgan fingerprint density at radius 3 is 2.71 bits per heavy atom. The van der Waals surface area contributed by atoms with Crippen molar-refractivity contribution in [2.24, 2.45) is 7.05 Å². The van der Waals surface area contributed by atoms with Gasteiger partial charge in [0.25, 0.3) is 5.92 Å². The van der Waals surface area contributed by atoms with Gasteiger partial charge in [-0.3, -0.25) is 4.79 Å². The first-order valence-electron chi connectivity index (χ1n) is 8.03. The molecule has 0 radical (unpaired) electrons. The number of alkyl halides is 2. The molecule has 4 nitrogen and oxygen atoms in total. The van der Waals surface area contributed by atoms with E-state index in [1.807, 2.05) is 42.1 Å². The molecule has 0 spiro atoms. The maximum Gasteiger partial charge on any atom is 0.267 e. The molecule has 24 heavy (non-hydrogen) atoms. The number of para-hydroxylation sites is 1. The minimum absolute atomic E-state index is 0.375. The predicted molar refractivity (Wildman–Crippen MR) is 88.1 cm³/mol. The number of aryl methyl sites for hydroxylation is 1. The number of aromatic nitrogens is 1. The standard InChI is InChI=1S/C18H22F2N2O2/c1-12(14-8-21(3)15-7-5-4-6-13(14)15)16(24)22-10-18(19,20)9-17(22,2)11-23/h4-8,12,23H,9-11H2,1-3H3. The largest absolute Gasteiger partial charge is 0.394 e. The van der Waals surface area contributed by atoms with Crippen molar-refractivity contribution in [3.8, 4) is 0 Å². The van der Waals surface area contributed by atoms with Gasteiger partial charge >= 0.3 is 0 Å². The average molecular weight is 336 g/mol. The van der Waals surface area contributed by atoms with E-state index in [9.17, 15) is 18.7 Å². The quantitative estimate of drug-likeness (QED) is 0.937. The van der Waals surface area contributed by atoms with Crippen molar-refractivity contribution in [2.45, 2.75) is 37.6 Å². The van der Waals surface area contributed by atoms with Gasteiger partial charge in [0, 0.05) is 30.6 Å². The molecule has 1 fully saturated rings. The summed E-state index contributed by atoms with van der Waals surface area (Å²) in [4.78, 5) is 14.1. The maximum atomic E-state index is 13.9. The van der Waals surface area contributed by atoms with Crippen LogP contribution in [0.5, 0.6) is 0 Å². The van der Waals surface area contributed by atoms with Gasteiger partial charge in [0.15, 0.2) is 0 Å². The van der Waals surface area contributed by atoms with Gasteiger partial charge in [0.1, 0.15) is 0 Å². The molecule has 1 N–H and O–H groups in total. The second-order valence-electron chi connectivity index (χ2n) is 7.05. The Kier molecular flexibility index (Phi) is 3.91. The van der Waals surface area contributed by atoms with E-state index in [0.717, 1.165) is 21.4 Å². The molecule has 2 aromatic rings. The van der Waals surface area contributed by atoms with E-state index in [-0.39, 0.29) is 5.91 Å². The summed E-state index contributed by atoms with van der Waals surface area (Å²) in [6.07, 6.45) is 1.36. The van der Waals surface area contributed by atoms with Gasteiger partial charge in [0.05, 0.1) is 24.6 Å². The van der Waals surface area contributed by atoms with Crippen LogP contribution in [0.1, 0.15) is 31.7 Å². The van der Waals surface area contributed by atoms with Crippen LogP contribution in [-0.4, -0.2) is 45.1 Å². The number of carbonyl (C=O) groups is 1. The number of halogens is 2. The highest BCUT2D eigenvalue weighted by molar-refractivity contribution is 5.92. The molecule has 6 heteroatoms. The van der Waals surface area contributed by atoms with E-state index < -0.39 is 37.0 Å². The lowest BCUT2D eigenvalue weighted by atomic mass is 9.95. The Labute approximate surface area is 139 Å². The molecule has 2 heterocycles. The van der Waals surface area contributed by atoms with Gasteiger partial charge in [0.2, 0.25) is 5.91 Å². The second-order valence-corrected chi connectivity index (χ2v) is 7.05. The number of nitrogens with zero attached hydrogens (tertiary/aromatic N) is 2. The van der Waals surface area contributed by atoms with Crippen molar-refractivity contribution < 1.29 is 18.7 Å². The van der Waals surface area contributed by atoms with E-state index >= 15 is 0 Å². The van der Waals surface area contributed by atoms with Crippen LogP contribution in [-0.2, 0) is 11.8 Å². The van der Waals surface area contributed by atoms with Gasteiger partial charge in [-0.25, -0.2) is 8.78 Å². The van der Waals surface area contributed by atoms with Gasteiger partial charge in [-0.2, -0.15) is 0 Å². The fraction of sp³-hybridized carbons (Fsp3) is 0.500. The third-order valence-corrected chi connectivity index (χ3v) is 5.05. The molecule has 3 rings (SSSR count).